The summed E-state index contributed by atoms with van der Waals surface area (Å²) in [4.78, 5) is 11.8. The number of thioether (sulfide) groups is 1. The highest BCUT2D eigenvalue weighted by Crippen LogP contribution is 2.38. The van der Waals surface area contributed by atoms with Crippen LogP contribution in [0.25, 0.3) is 0 Å². The van der Waals surface area contributed by atoms with E-state index >= 15 is 0 Å². The van der Waals surface area contributed by atoms with Crippen LogP contribution in [0, 0.1) is 0 Å². The molecule has 5 heteroatoms. The van der Waals surface area contributed by atoms with Crippen molar-refractivity contribution in [2.75, 3.05) is 11.1 Å². The van der Waals surface area contributed by atoms with Gasteiger partial charge in [0.25, 0.3) is 0 Å². The monoisotopic (exact) mass is 287 g/mol. The number of rotatable bonds is 2. The molecular weight excluding hydrogens is 278 g/mol. The Balaban J connectivity index is 2.18. The molecule has 0 saturated carbocycles. The molecule has 1 aromatic rings. The number of anilines is 1. The molecule has 2 N–H and O–H groups in total. The third kappa shape index (κ3) is 2.46. The summed E-state index contributed by atoms with van der Waals surface area (Å²) in [6, 6.07) is 5.98. The van der Waals surface area contributed by atoms with E-state index in [0.29, 0.717) is 0 Å². The minimum atomic E-state index is -0.761. The second-order valence-electron chi connectivity index (χ2n) is 3.36. The second-order valence-corrected chi connectivity index (χ2v) is 5.28. The van der Waals surface area contributed by atoms with Gasteiger partial charge in [-0.05, 0) is 28.1 Å². The van der Waals surface area contributed by atoms with Crippen molar-refractivity contribution in [1.82, 2.24) is 0 Å². The van der Waals surface area contributed by atoms with E-state index in [2.05, 4.69) is 21.2 Å². The van der Waals surface area contributed by atoms with Crippen LogP contribution in [-0.4, -0.2) is 22.9 Å². The van der Waals surface area contributed by atoms with Gasteiger partial charge >= 0.3 is 5.97 Å². The zero-order chi connectivity index (χ0) is 10.8. The second kappa shape index (κ2) is 4.45. The maximum Gasteiger partial charge on any atom is 0.305 e. The topological polar surface area (TPSA) is 49.3 Å². The number of carboxylic acids is 1. The third-order valence-corrected chi connectivity index (χ3v) is 4.07. The van der Waals surface area contributed by atoms with E-state index in [4.69, 9.17) is 5.11 Å². The molecule has 15 heavy (non-hydrogen) atoms. The first-order valence-corrected chi connectivity index (χ1v) is 6.34. The third-order valence-electron chi connectivity index (χ3n) is 2.18. The van der Waals surface area contributed by atoms with Crippen molar-refractivity contribution in [2.24, 2.45) is 0 Å². The average molecular weight is 288 g/mol. The standard InChI is InChI=1S/C10H10BrNO2S/c11-7-2-1-3-8-10(7)12-6(5-15-8)4-9(13)14/h1-3,6,12H,4-5H2,(H,13,14). The van der Waals surface area contributed by atoms with Gasteiger partial charge < -0.3 is 10.4 Å². The van der Waals surface area contributed by atoms with Crippen LogP contribution in [0.4, 0.5) is 5.69 Å². The molecule has 0 aromatic heterocycles. The summed E-state index contributed by atoms with van der Waals surface area (Å²) in [7, 11) is 0. The zero-order valence-electron chi connectivity index (χ0n) is 7.87. The van der Waals surface area contributed by atoms with Gasteiger partial charge in [0, 0.05) is 21.2 Å². The van der Waals surface area contributed by atoms with Crippen LogP contribution in [0.5, 0.6) is 0 Å². The van der Waals surface area contributed by atoms with Crippen LogP contribution in [0.2, 0.25) is 0 Å². The van der Waals surface area contributed by atoms with Gasteiger partial charge in [0.15, 0.2) is 0 Å². The number of fused-ring (bicyclic) bond motifs is 1. The fourth-order valence-electron chi connectivity index (χ4n) is 1.52. The Morgan fingerprint density at radius 3 is 3.20 bits per heavy atom. The molecule has 0 amide bonds. The van der Waals surface area contributed by atoms with Crippen molar-refractivity contribution < 1.29 is 9.90 Å². The van der Waals surface area contributed by atoms with Crippen molar-refractivity contribution >= 4 is 39.3 Å². The maximum absolute atomic E-state index is 10.6. The summed E-state index contributed by atoms with van der Waals surface area (Å²) in [5.41, 5.74) is 1.01. The van der Waals surface area contributed by atoms with Crippen LogP contribution in [0.3, 0.4) is 0 Å². The Bertz CT molecular complexity index is 397. The zero-order valence-corrected chi connectivity index (χ0v) is 10.3. The van der Waals surface area contributed by atoms with Crippen LogP contribution in [-0.2, 0) is 4.79 Å². The molecule has 2 rings (SSSR count). The number of carbonyl (C=O) groups is 1. The normalized spacial score (nSPS) is 19.1. The van der Waals surface area contributed by atoms with E-state index in [0.717, 1.165) is 15.9 Å². The summed E-state index contributed by atoms with van der Waals surface area (Å²) in [5, 5.41) is 12.0. The summed E-state index contributed by atoms with van der Waals surface area (Å²) >= 11 is 5.15. The number of hydrogen-bond acceptors (Lipinski definition) is 3. The fourth-order valence-corrected chi connectivity index (χ4v) is 3.20. The van der Waals surface area contributed by atoms with Crippen molar-refractivity contribution in [3.05, 3.63) is 22.7 Å². The number of para-hydroxylation sites is 1. The van der Waals surface area contributed by atoms with Gasteiger partial charge in [0.2, 0.25) is 0 Å². The van der Waals surface area contributed by atoms with Gasteiger partial charge in [0.05, 0.1) is 12.1 Å². The Hall–Kier alpha value is -0.680. The summed E-state index contributed by atoms with van der Waals surface area (Å²) in [5.74, 6) is 0.0408. The van der Waals surface area contributed by atoms with E-state index in [9.17, 15) is 4.79 Å². The molecule has 1 heterocycles. The molecule has 1 aliphatic rings. The van der Waals surface area contributed by atoms with Gasteiger partial charge in [-0.2, -0.15) is 0 Å². The van der Waals surface area contributed by atoms with Gasteiger partial charge in [-0.25, -0.2) is 0 Å². The molecule has 80 valence electrons. The quantitative estimate of drug-likeness (QED) is 0.878. The lowest BCUT2D eigenvalue weighted by molar-refractivity contribution is -0.137. The van der Waals surface area contributed by atoms with Crippen LogP contribution >= 0.6 is 27.7 Å². The molecule has 1 aliphatic heterocycles. The molecule has 0 saturated heterocycles. The lowest BCUT2D eigenvalue weighted by Gasteiger charge is -2.26. The maximum atomic E-state index is 10.6. The van der Waals surface area contributed by atoms with Gasteiger partial charge in [0.1, 0.15) is 0 Å². The van der Waals surface area contributed by atoms with Crippen molar-refractivity contribution in [1.29, 1.82) is 0 Å². The minimum Gasteiger partial charge on any atom is -0.481 e. The number of halogens is 1. The molecule has 1 aromatic carbocycles. The Labute approximate surface area is 100 Å². The van der Waals surface area contributed by atoms with Gasteiger partial charge in [-0.1, -0.05) is 6.07 Å². The molecule has 3 nitrogen and oxygen atoms in total. The molecule has 0 radical (unpaired) electrons. The number of aliphatic carboxylic acids is 1. The predicted octanol–water partition coefficient (Wildman–Crippen LogP) is 2.81. The number of nitrogens with one attached hydrogen (secondary N) is 1. The highest BCUT2D eigenvalue weighted by atomic mass is 79.9. The average Bonchev–Trinajstić information content (AvgIpc) is 2.18. The molecule has 1 atom stereocenters. The highest BCUT2D eigenvalue weighted by molar-refractivity contribution is 9.10. The Kier molecular flexibility index (Phi) is 3.21. The first-order chi connectivity index (χ1) is 7.16. The smallest absolute Gasteiger partial charge is 0.305 e. The van der Waals surface area contributed by atoms with Crippen LogP contribution < -0.4 is 5.32 Å². The SMILES string of the molecule is O=C(O)CC1CSc2cccc(Br)c2N1. The number of benzene rings is 1. The van der Waals surface area contributed by atoms with E-state index in [-0.39, 0.29) is 12.5 Å². The minimum absolute atomic E-state index is 0.0127. The lowest BCUT2D eigenvalue weighted by atomic mass is 10.2. The fraction of sp³-hybridized carbons (Fsp3) is 0.300. The van der Waals surface area contributed by atoms with Crippen molar-refractivity contribution in [3.8, 4) is 0 Å². The molecule has 0 spiro atoms. The largest absolute Gasteiger partial charge is 0.481 e. The van der Waals surface area contributed by atoms with E-state index in [1.165, 1.54) is 4.90 Å². The van der Waals surface area contributed by atoms with Crippen molar-refractivity contribution in [3.63, 3.8) is 0 Å². The summed E-state index contributed by atoms with van der Waals surface area (Å²) in [6.07, 6.45) is 0.160. The van der Waals surface area contributed by atoms with Gasteiger partial charge in [-0.3, -0.25) is 4.79 Å². The Morgan fingerprint density at radius 2 is 2.47 bits per heavy atom. The molecule has 1 unspecified atom stereocenters. The van der Waals surface area contributed by atoms with E-state index < -0.39 is 5.97 Å². The first kappa shape index (κ1) is 10.8. The van der Waals surface area contributed by atoms with E-state index in [1.807, 2.05) is 18.2 Å². The van der Waals surface area contributed by atoms with E-state index in [1.54, 1.807) is 11.8 Å². The summed E-state index contributed by atoms with van der Waals surface area (Å²) < 4.78 is 0.989. The number of carboxylic acid groups (broad SMARTS) is 1. The lowest BCUT2D eigenvalue weighted by Crippen LogP contribution is -2.28. The number of hydrogen-bond donors (Lipinski definition) is 2. The predicted molar refractivity (Wildman–Crippen MR) is 64.5 cm³/mol. The summed E-state index contributed by atoms with van der Waals surface area (Å²) in [6.45, 7) is 0. The van der Waals surface area contributed by atoms with Crippen molar-refractivity contribution in [2.45, 2.75) is 17.4 Å². The molecule has 0 aliphatic carbocycles. The Morgan fingerprint density at radius 1 is 1.67 bits per heavy atom. The van der Waals surface area contributed by atoms with Gasteiger partial charge in [-0.15, -0.1) is 11.8 Å². The molecule has 0 fully saturated rings. The molecular formula is C10H10BrNO2S. The molecule has 0 bridgehead atoms. The van der Waals surface area contributed by atoms with Crippen LogP contribution in [0.15, 0.2) is 27.6 Å². The first-order valence-electron chi connectivity index (χ1n) is 4.56. The highest BCUT2D eigenvalue weighted by Gasteiger charge is 2.21. The van der Waals surface area contributed by atoms with Crippen LogP contribution in [0.1, 0.15) is 6.42 Å².